The fourth-order valence-corrected chi connectivity index (χ4v) is 5.02. The van der Waals surface area contributed by atoms with Gasteiger partial charge in [-0.1, -0.05) is 23.6 Å². The number of benzene rings is 2. The van der Waals surface area contributed by atoms with Crippen LogP contribution < -0.4 is 15.4 Å². The number of rotatable bonds is 5. The van der Waals surface area contributed by atoms with Crippen LogP contribution >= 0.6 is 0 Å². The molecule has 1 fully saturated rings. The molecule has 9 nitrogen and oxygen atoms in total. The van der Waals surface area contributed by atoms with E-state index in [1.165, 1.54) is 34.9 Å². The Hall–Kier alpha value is -4.66. The summed E-state index contributed by atoms with van der Waals surface area (Å²) in [5.41, 5.74) is -0.729. The number of halogens is 3. The molecule has 0 bridgehead atoms. The smallest absolute Gasteiger partial charge is 0.349 e. The summed E-state index contributed by atoms with van der Waals surface area (Å²) < 4.78 is 46.1. The van der Waals surface area contributed by atoms with E-state index in [1.54, 1.807) is 35.9 Å². The zero-order chi connectivity index (χ0) is 27.9. The Bertz CT molecular complexity index is 1650. The van der Waals surface area contributed by atoms with Gasteiger partial charge in [0.05, 0.1) is 29.9 Å². The summed E-state index contributed by atoms with van der Waals surface area (Å²) in [6.45, 7) is 0. The third-order valence-electron chi connectivity index (χ3n) is 6.93. The Kier molecular flexibility index (Phi) is 6.59. The minimum atomic E-state index is -4.61. The molecule has 2 aromatic heterocycles. The topological polar surface area (TPSA) is 102 Å². The van der Waals surface area contributed by atoms with E-state index >= 15 is 0 Å². The molecule has 1 saturated carbocycles. The van der Waals surface area contributed by atoms with Crippen molar-refractivity contribution in [2.45, 2.75) is 37.9 Å². The first-order valence-corrected chi connectivity index (χ1v) is 12.3. The Morgan fingerprint density at radius 1 is 1.13 bits per heavy atom. The molecule has 1 N–H and O–H groups in total. The van der Waals surface area contributed by atoms with E-state index in [0.29, 0.717) is 17.1 Å². The molecule has 0 atom stereocenters. The standard InChI is InChI=1S/C27H24F3N7O2/c1-34-16-32-36(20-12-10-17(15-31)11-13-20)25(34)23-22(24(38)33-19-7-3-4-8-19)26(39)37(35(23)2)21-9-5-6-18(14-21)27(28,29)30/h5-6,9-14,16,19H,3-4,7-8H2,1-2H3/p+1. The van der Waals surface area contributed by atoms with Gasteiger partial charge in [-0.25, -0.2) is 9.25 Å². The van der Waals surface area contributed by atoms with Crippen molar-refractivity contribution in [3.63, 3.8) is 0 Å². The van der Waals surface area contributed by atoms with E-state index < -0.39 is 23.2 Å². The number of alkyl halides is 3. The molecule has 1 aliphatic carbocycles. The van der Waals surface area contributed by atoms with Crippen LogP contribution in [0.3, 0.4) is 0 Å². The fraction of sp³-hybridized carbons (Fsp3) is 0.296. The molecule has 4 aromatic rings. The van der Waals surface area contributed by atoms with Crippen molar-refractivity contribution >= 4 is 5.91 Å². The first kappa shape index (κ1) is 26.0. The van der Waals surface area contributed by atoms with Gasteiger partial charge in [0.1, 0.15) is 11.3 Å². The molecule has 200 valence electrons. The largest absolute Gasteiger partial charge is 0.416 e. The normalized spacial score (nSPS) is 13.9. The number of aromatic nitrogens is 5. The number of aryl methyl sites for hydroxylation is 1. The van der Waals surface area contributed by atoms with Crippen molar-refractivity contribution in [2.75, 3.05) is 0 Å². The van der Waals surface area contributed by atoms with Gasteiger partial charge in [-0.15, -0.1) is 0 Å². The number of amides is 1. The summed E-state index contributed by atoms with van der Waals surface area (Å²) in [5.74, 6) is -0.252. The van der Waals surface area contributed by atoms with Crippen LogP contribution in [0.1, 0.15) is 47.2 Å². The second-order valence-corrected chi connectivity index (χ2v) is 9.50. The van der Waals surface area contributed by atoms with Crippen molar-refractivity contribution in [1.82, 2.24) is 24.5 Å². The number of nitrogens with zero attached hydrogens (tertiary/aromatic N) is 6. The number of nitrogens with one attached hydrogen (secondary N) is 1. The van der Waals surface area contributed by atoms with Gasteiger partial charge in [0, 0.05) is 18.2 Å². The van der Waals surface area contributed by atoms with Crippen molar-refractivity contribution in [2.24, 2.45) is 14.1 Å². The lowest BCUT2D eigenvalue weighted by Crippen LogP contribution is -2.37. The Morgan fingerprint density at radius 2 is 1.82 bits per heavy atom. The molecule has 2 heterocycles. The maximum absolute atomic E-state index is 13.9. The van der Waals surface area contributed by atoms with Crippen molar-refractivity contribution in [3.8, 4) is 29.0 Å². The molecule has 12 heteroatoms. The number of carbonyl (C=O) groups is 1. The molecule has 2 aromatic carbocycles. The monoisotopic (exact) mass is 536 g/mol. The highest BCUT2D eigenvalue weighted by atomic mass is 19.4. The molecule has 1 aliphatic rings. The van der Waals surface area contributed by atoms with Crippen LogP contribution in [0.4, 0.5) is 13.2 Å². The lowest BCUT2D eigenvalue weighted by Gasteiger charge is -2.12. The summed E-state index contributed by atoms with van der Waals surface area (Å²) in [4.78, 5) is 27.5. The van der Waals surface area contributed by atoms with E-state index in [9.17, 15) is 22.8 Å². The summed E-state index contributed by atoms with van der Waals surface area (Å²) in [6, 6.07) is 12.9. The lowest BCUT2D eigenvalue weighted by atomic mass is 10.1. The average Bonchev–Trinajstić information content (AvgIpc) is 3.61. The SMILES string of the molecule is Cn1c(-c2n(-c3ccc(C#N)cc3)nc[n+]2C)c(C(=O)NC2CCCC2)c(=O)n1-c1cccc(C(F)(F)F)c1. The maximum atomic E-state index is 13.9. The van der Waals surface area contributed by atoms with Gasteiger partial charge in [-0.05, 0) is 55.3 Å². The minimum Gasteiger partial charge on any atom is -0.349 e. The number of hydrogen-bond acceptors (Lipinski definition) is 4. The molecule has 1 amide bonds. The van der Waals surface area contributed by atoms with Crippen molar-refractivity contribution < 1.29 is 22.5 Å². The van der Waals surface area contributed by atoms with E-state index in [4.69, 9.17) is 5.26 Å². The summed E-state index contributed by atoms with van der Waals surface area (Å²) in [7, 11) is 3.20. The van der Waals surface area contributed by atoms with Gasteiger partial charge in [-0.2, -0.15) is 18.4 Å². The van der Waals surface area contributed by atoms with Crippen LogP contribution in [0.2, 0.25) is 0 Å². The van der Waals surface area contributed by atoms with Gasteiger partial charge in [0.2, 0.25) is 0 Å². The van der Waals surface area contributed by atoms with Crippen LogP contribution in [0.5, 0.6) is 0 Å². The maximum Gasteiger partial charge on any atom is 0.416 e. The average molecular weight is 537 g/mol. The predicted molar refractivity (Wildman–Crippen MR) is 134 cm³/mol. The Balaban J connectivity index is 1.75. The molecule has 5 rings (SSSR count). The molecule has 0 radical (unpaired) electrons. The van der Waals surface area contributed by atoms with Gasteiger partial charge in [0.25, 0.3) is 23.6 Å². The van der Waals surface area contributed by atoms with Crippen molar-refractivity contribution in [1.29, 1.82) is 5.26 Å². The Labute approximate surface area is 221 Å². The molecular weight excluding hydrogens is 511 g/mol. The quantitative estimate of drug-likeness (QED) is 0.395. The van der Waals surface area contributed by atoms with E-state index in [0.717, 1.165) is 42.5 Å². The third kappa shape index (κ3) is 4.71. The van der Waals surface area contributed by atoms with Crippen LogP contribution in [-0.4, -0.2) is 31.1 Å². The van der Waals surface area contributed by atoms with Gasteiger partial charge in [-0.3, -0.25) is 14.3 Å². The molecular formula is C27H25F3N7O2+. The van der Waals surface area contributed by atoms with Crippen LogP contribution in [0.15, 0.2) is 59.7 Å². The number of carbonyl (C=O) groups excluding carboxylic acids is 1. The second kappa shape index (κ2) is 9.90. The fourth-order valence-electron chi connectivity index (χ4n) is 5.02. The Morgan fingerprint density at radius 3 is 2.46 bits per heavy atom. The van der Waals surface area contributed by atoms with Crippen molar-refractivity contribution in [3.05, 3.63) is 81.9 Å². The summed E-state index contributed by atoms with van der Waals surface area (Å²) in [6.07, 6.45) is 0.373. The molecule has 0 spiro atoms. The zero-order valence-corrected chi connectivity index (χ0v) is 21.2. The predicted octanol–water partition coefficient (Wildman–Crippen LogP) is 3.42. The van der Waals surface area contributed by atoms with Crippen LogP contribution in [0, 0.1) is 11.3 Å². The van der Waals surface area contributed by atoms with E-state index in [1.807, 2.05) is 0 Å². The van der Waals surface area contributed by atoms with E-state index in [2.05, 4.69) is 16.5 Å². The lowest BCUT2D eigenvalue weighted by molar-refractivity contribution is -0.661. The first-order chi connectivity index (χ1) is 18.6. The molecule has 0 unspecified atom stereocenters. The summed E-state index contributed by atoms with van der Waals surface area (Å²) >= 11 is 0. The number of nitriles is 1. The summed E-state index contributed by atoms with van der Waals surface area (Å²) in [5, 5.41) is 16.5. The zero-order valence-electron chi connectivity index (χ0n) is 21.2. The van der Waals surface area contributed by atoms with Crippen LogP contribution in [0.25, 0.3) is 22.9 Å². The molecule has 39 heavy (non-hydrogen) atoms. The van der Waals surface area contributed by atoms with Gasteiger partial charge >= 0.3 is 6.18 Å². The molecule has 0 saturated heterocycles. The third-order valence-corrected chi connectivity index (χ3v) is 6.93. The highest BCUT2D eigenvalue weighted by molar-refractivity contribution is 5.99. The van der Waals surface area contributed by atoms with Crippen LogP contribution in [-0.2, 0) is 20.3 Å². The van der Waals surface area contributed by atoms with E-state index in [-0.39, 0.29) is 23.0 Å². The number of hydrogen-bond donors (Lipinski definition) is 1. The second-order valence-electron chi connectivity index (χ2n) is 9.50. The molecule has 0 aliphatic heterocycles. The highest BCUT2D eigenvalue weighted by Gasteiger charge is 2.36. The van der Waals surface area contributed by atoms with Gasteiger partial charge in [0.15, 0.2) is 5.69 Å². The van der Waals surface area contributed by atoms with Gasteiger partial charge < -0.3 is 5.32 Å². The minimum absolute atomic E-state index is 0.0365. The first-order valence-electron chi connectivity index (χ1n) is 12.3. The highest BCUT2D eigenvalue weighted by Crippen LogP contribution is 2.31.